The van der Waals surface area contributed by atoms with Crippen LogP contribution in [0.2, 0.25) is 0 Å². The molecule has 0 radical (unpaired) electrons. The van der Waals surface area contributed by atoms with Crippen LogP contribution in [0.1, 0.15) is 24.1 Å². The molecule has 1 aromatic rings. The van der Waals surface area contributed by atoms with Gasteiger partial charge in [-0.3, -0.25) is 4.98 Å². The van der Waals surface area contributed by atoms with E-state index in [1.54, 1.807) is 11.3 Å². The molecule has 2 aliphatic rings. The van der Waals surface area contributed by atoms with Crippen LogP contribution in [0, 0.1) is 11.3 Å². The molecule has 2 unspecified atom stereocenters. The monoisotopic (exact) mass is 257 g/mol. The van der Waals surface area contributed by atoms with E-state index in [4.69, 9.17) is 16.3 Å². The molecule has 0 N–H and O–H groups in total. The predicted molar refractivity (Wildman–Crippen MR) is 66.1 cm³/mol. The molecule has 1 saturated carbocycles. The van der Waals surface area contributed by atoms with Crippen molar-refractivity contribution >= 4 is 22.9 Å². The van der Waals surface area contributed by atoms with Gasteiger partial charge in [0.2, 0.25) is 0 Å². The molecule has 1 aromatic heterocycles. The van der Waals surface area contributed by atoms with Gasteiger partial charge in [-0.05, 0) is 31.6 Å². The van der Waals surface area contributed by atoms with Gasteiger partial charge in [0, 0.05) is 29.0 Å². The van der Waals surface area contributed by atoms with Crippen LogP contribution in [0.5, 0.6) is 0 Å². The normalized spacial score (nSPS) is 34.4. The molecule has 0 spiro atoms. The van der Waals surface area contributed by atoms with Crippen LogP contribution in [-0.4, -0.2) is 23.6 Å². The summed E-state index contributed by atoms with van der Waals surface area (Å²) in [6, 6.07) is 0. The van der Waals surface area contributed by atoms with Gasteiger partial charge in [0.05, 0.1) is 11.6 Å². The number of nitrogens with zero attached hydrogens (tertiary/aromatic N) is 1. The van der Waals surface area contributed by atoms with E-state index in [9.17, 15) is 0 Å². The zero-order valence-corrected chi connectivity index (χ0v) is 10.8. The van der Waals surface area contributed by atoms with Crippen molar-refractivity contribution in [1.82, 2.24) is 4.98 Å². The number of aromatic nitrogens is 1. The molecule has 1 aliphatic heterocycles. The van der Waals surface area contributed by atoms with Crippen LogP contribution in [0.3, 0.4) is 0 Å². The van der Waals surface area contributed by atoms with Gasteiger partial charge in [-0.1, -0.05) is 0 Å². The van der Waals surface area contributed by atoms with Crippen molar-refractivity contribution in [2.45, 2.75) is 31.8 Å². The third-order valence-electron chi connectivity index (χ3n) is 3.83. The van der Waals surface area contributed by atoms with Gasteiger partial charge < -0.3 is 4.74 Å². The second-order valence-corrected chi connectivity index (χ2v) is 6.26. The fourth-order valence-corrected chi connectivity index (χ4v) is 3.93. The summed E-state index contributed by atoms with van der Waals surface area (Å²) in [5, 5.41) is 0. The lowest BCUT2D eigenvalue weighted by atomic mass is 9.77. The van der Waals surface area contributed by atoms with Crippen LogP contribution >= 0.6 is 22.9 Å². The quantitative estimate of drug-likeness (QED) is 0.774. The zero-order chi connectivity index (χ0) is 11.0. The minimum Gasteiger partial charge on any atom is -0.377 e. The summed E-state index contributed by atoms with van der Waals surface area (Å²) in [6.45, 7) is 0.882. The number of ether oxygens (including phenoxy) is 1. The van der Waals surface area contributed by atoms with E-state index >= 15 is 0 Å². The van der Waals surface area contributed by atoms with E-state index in [1.165, 1.54) is 17.7 Å². The van der Waals surface area contributed by atoms with Crippen molar-refractivity contribution in [3.8, 4) is 0 Å². The van der Waals surface area contributed by atoms with E-state index < -0.39 is 0 Å². The first-order valence-electron chi connectivity index (χ1n) is 5.89. The fraction of sp³-hybridized carbons (Fsp3) is 0.750. The van der Waals surface area contributed by atoms with Gasteiger partial charge in [-0.15, -0.1) is 22.9 Å². The highest BCUT2D eigenvalue weighted by atomic mass is 35.5. The maximum atomic E-state index is 6.25. The Labute approximate surface area is 105 Å². The number of rotatable bonds is 4. The highest BCUT2D eigenvalue weighted by Crippen LogP contribution is 2.50. The van der Waals surface area contributed by atoms with Crippen molar-refractivity contribution in [2.24, 2.45) is 11.3 Å². The van der Waals surface area contributed by atoms with Crippen molar-refractivity contribution in [3.63, 3.8) is 0 Å². The van der Waals surface area contributed by atoms with Gasteiger partial charge in [0.15, 0.2) is 0 Å². The third kappa shape index (κ3) is 1.89. The van der Waals surface area contributed by atoms with E-state index in [0.717, 1.165) is 25.4 Å². The predicted octanol–water partition coefficient (Wildman–Crippen LogP) is 3.11. The molecular weight excluding hydrogens is 242 g/mol. The summed E-state index contributed by atoms with van der Waals surface area (Å²) in [5.41, 5.74) is 2.08. The Morgan fingerprint density at radius 1 is 1.56 bits per heavy atom. The molecule has 2 fully saturated rings. The van der Waals surface area contributed by atoms with E-state index in [-0.39, 0.29) is 5.41 Å². The minimum atomic E-state index is 0.176. The van der Waals surface area contributed by atoms with E-state index in [1.807, 2.05) is 11.7 Å². The van der Waals surface area contributed by atoms with Crippen molar-refractivity contribution in [1.29, 1.82) is 0 Å². The Morgan fingerprint density at radius 3 is 3.06 bits per heavy atom. The minimum absolute atomic E-state index is 0.176. The molecule has 1 aliphatic carbocycles. The van der Waals surface area contributed by atoms with Crippen LogP contribution in [0.25, 0.3) is 0 Å². The summed E-state index contributed by atoms with van der Waals surface area (Å²) in [5.74, 6) is 1.49. The Hall–Kier alpha value is -0.120. The standard InChI is InChI=1S/C12H16ClNOS/c13-7-12(5-10-6-14-8-16-10)3-4-15-11(12)9-1-2-9/h6,8-9,11H,1-5,7H2. The van der Waals surface area contributed by atoms with E-state index in [0.29, 0.717) is 12.0 Å². The Morgan fingerprint density at radius 2 is 2.44 bits per heavy atom. The highest BCUT2D eigenvalue weighted by molar-refractivity contribution is 7.09. The van der Waals surface area contributed by atoms with Crippen LogP contribution in [0.4, 0.5) is 0 Å². The van der Waals surface area contributed by atoms with Crippen LogP contribution in [-0.2, 0) is 11.2 Å². The molecule has 3 rings (SSSR count). The summed E-state index contributed by atoms with van der Waals surface area (Å²) in [6.07, 6.45) is 7.17. The molecular formula is C12H16ClNOS. The molecule has 0 amide bonds. The average molecular weight is 258 g/mol. The molecule has 0 aromatic carbocycles. The summed E-state index contributed by atoms with van der Waals surface area (Å²) < 4.78 is 5.93. The lowest BCUT2D eigenvalue weighted by Crippen LogP contribution is -2.36. The molecule has 2 atom stereocenters. The number of hydrogen-bond acceptors (Lipinski definition) is 3. The topological polar surface area (TPSA) is 22.1 Å². The van der Waals surface area contributed by atoms with Gasteiger partial charge in [0.1, 0.15) is 0 Å². The van der Waals surface area contributed by atoms with Gasteiger partial charge >= 0.3 is 0 Å². The number of thiazole rings is 1. The first kappa shape index (κ1) is 11.0. The second kappa shape index (κ2) is 4.28. The van der Waals surface area contributed by atoms with Gasteiger partial charge in [-0.25, -0.2) is 0 Å². The molecule has 0 bridgehead atoms. The fourth-order valence-electron chi connectivity index (χ4n) is 2.80. The van der Waals surface area contributed by atoms with Crippen LogP contribution in [0.15, 0.2) is 11.7 Å². The first-order valence-corrected chi connectivity index (χ1v) is 7.30. The van der Waals surface area contributed by atoms with E-state index in [2.05, 4.69) is 4.98 Å². The Kier molecular flexibility index (Phi) is 2.94. The largest absolute Gasteiger partial charge is 0.377 e. The third-order valence-corrected chi connectivity index (χ3v) is 5.14. The summed E-state index contributed by atoms with van der Waals surface area (Å²) in [4.78, 5) is 5.49. The Balaban J connectivity index is 1.80. The van der Waals surface area contributed by atoms with Crippen LogP contribution < -0.4 is 0 Å². The lowest BCUT2D eigenvalue weighted by molar-refractivity contribution is 0.0406. The van der Waals surface area contributed by atoms with Gasteiger partial charge in [0.25, 0.3) is 0 Å². The Bertz CT molecular complexity index is 352. The summed E-state index contributed by atoms with van der Waals surface area (Å²) >= 11 is 7.98. The van der Waals surface area contributed by atoms with Crippen molar-refractivity contribution in [2.75, 3.05) is 12.5 Å². The molecule has 4 heteroatoms. The molecule has 2 nitrogen and oxygen atoms in total. The second-order valence-electron chi connectivity index (χ2n) is 5.02. The maximum Gasteiger partial charge on any atom is 0.0794 e. The highest BCUT2D eigenvalue weighted by Gasteiger charge is 2.50. The van der Waals surface area contributed by atoms with Crippen molar-refractivity contribution in [3.05, 3.63) is 16.6 Å². The number of alkyl halides is 1. The first-order chi connectivity index (χ1) is 7.84. The molecule has 88 valence electrons. The molecule has 16 heavy (non-hydrogen) atoms. The lowest BCUT2D eigenvalue weighted by Gasteiger charge is -2.31. The molecule has 1 saturated heterocycles. The summed E-state index contributed by atoms with van der Waals surface area (Å²) in [7, 11) is 0. The maximum absolute atomic E-state index is 6.25. The average Bonchev–Trinajstić information content (AvgIpc) is 2.86. The van der Waals surface area contributed by atoms with Crippen molar-refractivity contribution < 1.29 is 4.74 Å². The SMILES string of the molecule is ClCC1(Cc2cncs2)CCOC1C1CC1. The molecule has 2 heterocycles. The zero-order valence-electron chi connectivity index (χ0n) is 9.19. The van der Waals surface area contributed by atoms with Gasteiger partial charge in [-0.2, -0.15) is 0 Å². The smallest absolute Gasteiger partial charge is 0.0794 e. The number of hydrogen-bond donors (Lipinski definition) is 0. The number of halogens is 1.